The van der Waals surface area contributed by atoms with Gasteiger partial charge < -0.3 is 5.32 Å². The van der Waals surface area contributed by atoms with Crippen molar-refractivity contribution in [2.45, 2.75) is 18.9 Å². The summed E-state index contributed by atoms with van der Waals surface area (Å²) >= 11 is 12.4. The van der Waals surface area contributed by atoms with Crippen molar-refractivity contribution in [1.82, 2.24) is 5.01 Å². The summed E-state index contributed by atoms with van der Waals surface area (Å²) in [6.45, 7) is 6.40. The maximum atomic E-state index is 6.29. The summed E-state index contributed by atoms with van der Waals surface area (Å²) < 4.78 is 0. The third-order valence-electron chi connectivity index (χ3n) is 4.09. The van der Waals surface area contributed by atoms with Gasteiger partial charge in [0.25, 0.3) is 0 Å². The highest BCUT2D eigenvalue weighted by atomic mass is 35.5. The molecule has 2 unspecified atom stereocenters. The van der Waals surface area contributed by atoms with Gasteiger partial charge in [0.05, 0.1) is 21.8 Å². The minimum atomic E-state index is 0.0501. The number of hydrazone groups is 1. The molecule has 2 rings (SSSR count). The second-order valence-corrected chi connectivity index (χ2v) is 6.42. The van der Waals surface area contributed by atoms with Crippen molar-refractivity contribution in [2.75, 3.05) is 18.9 Å². The van der Waals surface area contributed by atoms with E-state index in [0.717, 1.165) is 5.69 Å². The third-order valence-corrected chi connectivity index (χ3v) is 4.91. The average molecular weight is 377 g/mol. The summed E-state index contributed by atoms with van der Waals surface area (Å²) in [5.41, 5.74) is 2.00. The van der Waals surface area contributed by atoms with E-state index >= 15 is 0 Å². The Morgan fingerprint density at radius 2 is 1.88 bits per heavy atom. The number of halogens is 2. The standard InChI is InChI=1S/C19H22Cl2N4/c1-14(25(23-3)13-22-2)16(15-8-5-4-6-9-15)12-24-18-11-7-10-17(20)19(18)21/h4-11,13-14,16,24H,3,12H2,1-2H3. The lowest BCUT2D eigenvalue weighted by molar-refractivity contribution is 0.314. The Hall–Kier alpha value is -2.04. The second kappa shape index (κ2) is 9.44. The molecule has 0 saturated heterocycles. The van der Waals surface area contributed by atoms with Crippen LogP contribution in [0.25, 0.3) is 0 Å². The van der Waals surface area contributed by atoms with Crippen molar-refractivity contribution in [1.29, 1.82) is 0 Å². The van der Waals surface area contributed by atoms with Crippen molar-refractivity contribution in [3.8, 4) is 0 Å². The second-order valence-electron chi connectivity index (χ2n) is 5.64. The molecule has 0 spiro atoms. The minimum absolute atomic E-state index is 0.0501. The fraction of sp³-hybridized carbons (Fsp3) is 0.263. The van der Waals surface area contributed by atoms with Crippen LogP contribution in [0.2, 0.25) is 10.0 Å². The van der Waals surface area contributed by atoms with Crippen LogP contribution in [0.4, 0.5) is 5.69 Å². The number of hydrogen-bond donors (Lipinski definition) is 1. The fourth-order valence-electron chi connectivity index (χ4n) is 2.70. The third kappa shape index (κ3) is 4.97. The molecular weight excluding hydrogens is 355 g/mol. The molecule has 2 atom stereocenters. The first-order valence-corrected chi connectivity index (χ1v) is 8.74. The summed E-state index contributed by atoms with van der Waals surface area (Å²) in [6, 6.07) is 15.9. The summed E-state index contributed by atoms with van der Waals surface area (Å²) in [4.78, 5) is 4.06. The maximum absolute atomic E-state index is 6.29. The number of nitrogens with zero attached hydrogens (tertiary/aromatic N) is 3. The van der Waals surface area contributed by atoms with Crippen LogP contribution in [0, 0.1) is 0 Å². The fourth-order valence-corrected chi connectivity index (χ4v) is 3.07. The van der Waals surface area contributed by atoms with Gasteiger partial charge in [0.2, 0.25) is 0 Å². The quantitative estimate of drug-likeness (QED) is 0.392. The predicted octanol–water partition coefficient (Wildman–Crippen LogP) is 5.15. The van der Waals surface area contributed by atoms with E-state index in [-0.39, 0.29) is 12.0 Å². The van der Waals surface area contributed by atoms with Gasteiger partial charge in [-0.15, -0.1) is 0 Å². The van der Waals surface area contributed by atoms with Crippen LogP contribution < -0.4 is 5.32 Å². The average Bonchev–Trinajstić information content (AvgIpc) is 2.64. The number of aliphatic imine (C=N–C) groups is 1. The van der Waals surface area contributed by atoms with Crippen molar-refractivity contribution in [3.05, 3.63) is 64.1 Å². The van der Waals surface area contributed by atoms with Gasteiger partial charge in [0.15, 0.2) is 0 Å². The molecule has 25 heavy (non-hydrogen) atoms. The molecule has 0 radical (unpaired) electrons. The highest BCUT2D eigenvalue weighted by Crippen LogP contribution is 2.31. The van der Waals surface area contributed by atoms with Gasteiger partial charge in [0.1, 0.15) is 6.34 Å². The van der Waals surface area contributed by atoms with E-state index < -0.39 is 0 Å². The first-order valence-electron chi connectivity index (χ1n) is 7.98. The molecule has 0 amide bonds. The first-order chi connectivity index (χ1) is 12.1. The van der Waals surface area contributed by atoms with Crippen molar-refractivity contribution in [2.24, 2.45) is 10.1 Å². The van der Waals surface area contributed by atoms with Gasteiger partial charge >= 0.3 is 0 Å². The van der Waals surface area contributed by atoms with Gasteiger partial charge in [-0.05, 0) is 24.6 Å². The molecule has 0 fully saturated rings. The van der Waals surface area contributed by atoms with Gasteiger partial charge in [-0.25, -0.2) is 0 Å². The topological polar surface area (TPSA) is 40.0 Å². The molecule has 6 heteroatoms. The van der Waals surface area contributed by atoms with Crippen LogP contribution >= 0.6 is 23.2 Å². The zero-order valence-corrected chi connectivity index (χ0v) is 15.9. The monoisotopic (exact) mass is 376 g/mol. The van der Waals surface area contributed by atoms with Crippen LogP contribution in [-0.2, 0) is 0 Å². The molecule has 4 nitrogen and oxygen atoms in total. The molecular formula is C19H22Cl2N4. The van der Waals surface area contributed by atoms with E-state index in [0.29, 0.717) is 16.6 Å². The van der Waals surface area contributed by atoms with Crippen LogP contribution in [0.1, 0.15) is 18.4 Å². The minimum Gasteiger partial charge on any atom is -0.383 e. The van der Waals surface area contributed by atoms with Gasteiger partial charge in [-0.2, -0.15) is 5.10 Å². The largest absolute Gasteiger partial charge is 0.383 e. The van der Waals surface area contributed by atoms with E-state index in [4.69, 9.17) is 23.2 Å². The summed E-state index contributed by atoms with van der Waals surface area (Å²) in [5.74, 6) is 0.139. The lowest BCUT2D eigenvalue weighted by Gasteiger charge is -2.30. The van der Waals surface area contributed by atoms with Crippen molar-refractivity contribution >= 4 is 41.9 Å². The first kappa shape index (κ1) is 19.3. The van der Waals surface area contributed by atoms with Gasteiger partial charge in [-0.3, -0.25) is 10.0 Å². The van der Waals surface area contributed by atoms with Gasteiger partial charge in [0, 0.05) is 26.2 Å². The normalized spacial score (nSPS) is 13.4. The Morgan fingerprint density at radius 1 is 1.16 bits per heavy atom. The summed E-state index contributed by atoms with van der Waals surface area (Å²) in [7, 11) is 1.71. The molecule has 0 bridgehead atoms. The summed E-state index contributed by atoms with van der Waals surface area (Å²) in [5, 5.41) is 10.3. The predicted molar refractivity (Wildman–Crippen MR) is 109 cm³/mol. The van der Waals surface area contributed by atoms with Crippen LogP contribution in [0.3, 0.4) is 0 Å². The van der Waals surface area contributed by atoms with E-state index in [2.05, 4.69) is 41.2 Å². The Kier molecular flexibility index (Phi) is 7.29. The van der Waals surface area contributed by atoms with E-state index in [9.17, 15) is 0 Å². The molecule has 1 N–H and O–H groups in total. The van der Waals surface area contributed by atoms with Crippen LogP contribution in [0.15, 0.2) is 58.6 Å². The molecule has 0 aromatic heterocycles. The number of hydrogen-bond acceptors (Lipinski definition) is 3. The Balaban J connectivity index is 2.26. The SMILES string of the molecule is C=NN(C=NC)C(C)C(CNc1cccc(Cl)c1Cl)c1ccccc1. The molecule has 0 aliphatic heterocycles. The molecule has 2 aromatic carbocycles. The number of anilines is 1. The van der Waals surface area contributed by atoms with Crippen molar-refractivity contribution in [3.63, 3.8) is 0 Å². The number of rotatable bonds is 8. The zero-order valence-electron chi connectivity index (χ0n) is 14.4. The van der Waals surface area contributed by atoms with Crippen LogP contribution in [-0.4, -0.2) is 37.7 Å². The number of benzene rings is 2. The number of nitrogens with one attached hydrogen (secondary N) is 1. The summed E-state index contributed by atoms with van der Waals surface area (Å²) in [6.07, 6.45) is 1.68. The molecule has 0 aliphatic carbocycles. The Bertz CT molecular complexity index is 719. The lowest BCUT2D eigenvalue weighted by Crippen LogP contribution is -2.35. The van der Waals surface area contributed by atoms with E-state index in [1.54, 1.807) is 24.5 Å². The highest BCUT2D eigenvalue weighted by molar-refractivity contribution is 6.43. The molecule has 0 aliphatic rings. The Labute approximate surface area is 159 Å². The molecule has 0 saturated carbocycles. The Morgan fingerprint density at radius 3 is 2.52 bits per heavy atom. The molecule has 2 aromatic rings. The lowest BCUT2D eigenvalue weighted by atomic mass is 9.92. The molecule has 0 heterocycles. The van der Waals surface area contributed by atoms with E-state index in [1.165, 1.54) is 5.56 Å². The van der Waals surface area contributed by atoms with Crippen LogP contribution in [0.5, 0.6) is 0 Å². The maximum Gasteiger partial charge on any atom is 0.106 e. The van der Waals surface area contributed by atoms with E-state index in [1.807, 2.05) is 30.3 Å². The highest BCUT2D eigenvalue weighted by Gasteiger charge is 2.24. The smallest absolute Gasteiger partial charge is 0.106 e. The molecule has 132 valence electrons. The van der Waals surface area contributed by atoms with Crippen molar-refractivity contribution < 1.29 is 0 Å². The van der Waals surface area contributed by atoms with Gasteiger partial charge in [-0.1, -0.05) is 59.6 Å². The zero-order chi connectivity index (χ0) is 18.2.